The van der Waals surface area contributed by atoms with E-state index >= 15 is 0 Å². The predicted octanol–water partition coefficient (Wildman–Crippen LogP) is 3.29. The van der Waals surface area contributed by atoms with Crippen LogP contribution in [0.4, 0.5) is 0 Å². The van der Waals surface area contributed by atoms with E-state index in [1.54, 1.807) is 6.08 Å². The van der Waals surface area contributed by atoms with Gasteiger partial charge in [-0.3, -0.25) is 9.59 Å². The highest BCUT2D eigenvalue weighted by Crippen LogP contribution is 2.29. The van der Waals surface area contributed by atoms with Gasteiger partial charge in [0.05, 0.1) is 30.7 Å². The van der Waals surface area contributed by atoms with Gasteiger partial charge in [-0.05, 0) is 48.9 Å². The minimum atomic E-state index is -0.595. The van der Waals surface area contributed by atoms with Crippen LogP contribution in [-0.2, 0) is 22.6 Å². The first-order valence-electron chi connectivity index (χ1n) is 12.7. The molecule has 7 heteroatoms. The molecule has 1 aliphatic carbocycles. The predicted molar refractivity (Wildman–Crippen MR) is 139 cm³/mol. The van der Waals surface area contributed by atoms with Crippen molar-refractivity contribution < 1.29 is 24.5 Å². The Morgan fingerprint density at radius 2 is 1.72 bits per heavy atom. The minimum Gasteiger partial charge on any atom is -0.489 e. The second-order valence-electron chi connectivity index (χ2n) is 9.63. The van der Waals surface area contributed by atoms with Gasteiger partial charge in [-0.25, -0.2) is 0 Å². The number of amides is 2. The maximum atomic E-state index is 13.0. The highest BCUT2D eigenvalue weighted by molar-refractivity contribution is 5.86. The van der Waals surface area contributed by atoms with Gasteiger partial charge in [0, 0.05) is 6.42 Å². The zero-order chi connectivity index (χ0) is 25.8. The largest absolute Gasteiger partial charge is 0.489 e. The van der Waals surface area contributed by atoms with Crippen LogP contribution >= 0.6 is 0 Å². The number of aliphatic hydroxyl groups is 2. The Morgan fingerprint density at radius 1 is 1.03 bits per heavy atom. The van der Waals surface area contributed by atoms with Crippen molar-refractivity contribution in [3.63, 3.8) is 0 Å². The molecule has 2 atom stereocenters. The fraction of sp³-hybridized carbons (Fsp3) is 0.448. The molecule has 0 bridgehead atoms. The summed E-state index contributed by atoms with van der Waals surface area (Å²) >= 11 is 0. The van der Waals surface area contributed by atoms with Crippen molar-refractivity contribution in [2.75, 3.05) is 13.2 Å². The number of hydrogen-bond donors (Lipinski definition) is 4. The number of rotatable bonds is 14. The fourth-order valence-electron chi connectivity index (χ4n) is 4.66. The average molecular weight is 495 g/mol. The molecule has 1 aliphatic rings. The van der Waals surface area contributed by atoms with Gasteiger partial charge in [0.25, 0.3) is 0 Å². The molecule has 36 heavy (non-hydrogen) atoms. The van der Waals surface area contributed by atoms with Crippen LogP contribution in [0, 0.1) is 5.92 Å². The third-order valence-electron chi connectivity index (χ3n) is 6.74. The molecule has 0 saturated heterocycles. The Morgan fingerprint density at radius 3 is 2.33 bits per heavy atom. The van der Waals surface area contributed by atoms with Crippen LogP contribution in [0.2, 0.25) is 0 Å². The zero-order valence-corrected chi connectivity index (χ0v) is 20.8. The summed E-state index contributed by atoms with van der Waals surface area (Å²) in [6.45, 7) is 3.88. The van der Waals surface area contributed by atoms with Crippen molar-refractivity contribution in [1.29, 1.82) is 0 Å². The first-order chi connectivity index (χ1) is 17.5. The summed E-state index contributed by atoms with van der Waals surface area (Å²) in [5, 5.41) is 25.5. The molecular weight excluding hydrogens is 456 g/mol. The molecular formula is C29H38N2O5. The molecule has 0 aliphatic heterocycles. The van der Waals surface area contributed by atoms with Crippen LogP contribution < -0.4 is 15.4 Å². The van der Waals surface area contributed by atoms with E-state index in [0.29, 0.717) is 19.4 Å². The smallest absolute Gasteiger partial charge is 0.224 e. The summed E-state index contributed by atoms with van der Waals surface area (Å²) in [7, 11) is 0. The van der Waals surface area contributed by atoms with E-state index in [2.05, 4.69) is 17.2 Å². The third-order valence-corrected chi connectivity index (χ3v) is 6.74. The van der Waals surface area contributed by atoms with E-state index in [1.807, 2.05) is 54.6 Å². The van der Waals surface area contributed by atoms with E-state index in [-0.39, 0.29) is 31.4 Å². The average Bonchev–Trinajstić information content (AvgIpc) is 3.37. The molecule has 2 amide bonds. The van der Waals surface area contributed by atoms with E-state index in [1.165, 1.54) is 0 Å². The van der Waals surface area contributed by atoms with Crippen LogP contribution in [0.3, 0.4) is 0 Å². The number of nitrogens with one attached hydrogen (secondary N) is 2. The number of carbonyl (C=O) groups excluding carboxylic acids is 2. The minimum absolute atomic E-state index is 0.00516. The first-order valence-corrected chi connectivity index (χ1v) is 12.7. The molecule has 194 valence electrons. The van der Waals surface area contributed by atoms with E-state index in [0.717, 1.165) is 42.6 Å². The number of allylic oxidation sites excluding steroid dienone is 1. The van der Waals surface area contributed by atoms with Gasteiger partial charge in [-0.2, -0.15) is 0 Å². The van der Waals surface area contributed by atoms with Crippen molar-refractivity contribution in [3.8, 4) is 5.75 Å². The van der Waals surface area contributed by atoms with Gasteiger partial charge < -0.3 is 25.6 Å². The van der Waals surface area contributed by atoms with Gasteiger partial charge in [0.15, 0.2) is 0 Å². The highest BCUT2D eigenvalue weighted by atomic mass is 16.5. The van der Waals surface area contributed by atoms with Gasteiger partial charge >= 0.3 is 0 Å². The molecule has 0 radical (unpaired) electrons. The monoisotopic (exact) mass is 494 g/mol. The van der Waals surface area contributed by atoms with Crippen LogP contribution in [-0.4, -0.2) is 46.8 Å². The van der Waals surface area contributed by atoms with Gasteiger partial charge in [-0.15, -0.1) is 6.58 Å². The zero-order valence-electron chi connectivity index (χ0n) is 20.8. The highest BCUT2D eigenvalue weighted by Gasteiger charge is 2.35. The summed E-state index contributed by atoms with van der Waals surface area (Å²) in [6.07, 6.45) is 5.85. The first kappa shape index (κ1) is 27.4. The van der Waals surface area contributed by atoms with Crippen molar-refractivity contribution in [3.05, 3.63) is 78.4 Å². The SMILES string of the molecule is C=CC[C@H](CC(=O)NC1(CO)CCCC1)C(=O)N[C@H](CO)Cc1ccc(OCc2ccccc2)cc1. The molecule has 3 rings (SSSR count). The lowest BCUT2D eigenvalue weighted by atomic mass is 9.95. The quantitative estimate of drug-likeness (QED) is 0.302. The maximum absolute atomic E-state index is 13.0. The topological polar surface area (TPSA) is 108 Å². The van der Waals surface area contributed by atoms with Crippen LogP contribution in [0.5, 0.6) is 5.75 Å². The number of ether oxygens (including phenoxy) is 1. The second-order valence-corrected chi connectivity index (χ2v) is 9.63. The number of hydrogen-bond acceptors (Lipinski definition) is 5. The van der Waals surface area contributed by atoms with Gasteiger partial charge in [0.2, 0.25) is 11.8 Å². The molecule has 0 heterocycles. The molecule has 0 unspecified atom stereocenters. The Kier molecular flexibility index (Phi) is 10.5. The Hall–Kier alpha value is -3.16. The van der Waals surface area contributed by atoms with Crippen LogP contribution in [0.1, 0.15) is 49.7 Å². The van der Waals surface area contributed by atoms with Crippen molar-refractivity contribution in [1.82, 2.24) is 10.6 Å². The summed E-state index contributed by atoms with van der Waals surface area (Å²) in [4.78, 5) is 25.6. The Balaban J connectivity index is 1.52. The van der Waals surface area contributed by atoms with Crippen LogP contribution in [0.15, 0.2) is 67.3 Å². The summed E-state index contributed by atoms with van der Waals surface area (Å²) in [5.41, 5.74) is 1.46. The lowest BCUT2D eigenvalue weighted by Crippen LogP contribution is -2.50. The molecule has 1 saturated carbocycles. The number of benzene rings is 2. The normalized spacial score (nSPS) is 16.1. The van der Waals surface area contributed by atoms with Crippen molar-refractivity contribution >= 4 is 11.8 Å². The molecule has 4 N–H and O–H groups in total. The van der Waals surface area contributed by atoms with Crippen molar-refractivity contribution in [2.24, 2.45) is 5.92 Å². The lowest BCUT2D eigenvalue weighted by molar-refractivity contribution is -0.132. The standard InChI is InChI=1S/C29H38N2O5/c1-2-8-24(18-27(34)31-29(21-33)15-6-7-16-29)28(35)30-25(19-32)17-22-11-13-26(14-12-22)36-20-23-9-4-3-5-10-23/h2-5,9-14,24-25,32-33H,1,6-8,15-21H2,(H,30,35)(H,31,34)/t24-,25+/m1/s1. The van der Waals surface area contributed by atoms with Gasteiger partial charge in [-0.1, -0.05) is 61.4 Å². The molecule has 1 fully saturated rings. The maximum Gasteiger partial charge on any atom is 0.224 e. The molecule has 0 aromatic heterocycles. The summed E-state index contributed by atoms with van der Waals surface area (Å²) in [5.74, 6) is -0.398. The van der Waals surface area contributed by atoms with E-state index in [4.69, 9.17) is 4.74 Å². The lowest BCUT2D eigenvalue weighted by Gasteiger charge is -2.29. The third kappa shape index (κ3) is 8.21. The summed E-state index contributed by atoms with van der Waals surface area (Å²) < 4.78 is 5.82. The fourth-order valence-corrected chi connectivity index (χ4v) is 4.66. The molecule has 7 nitrogen and oxygen atoms in total. The van der Waals surface area contributed by atoms with Gasteiger partial charge in [0.1, 0.15) is 12.4 Å². The molecule has 0 spiro atoms. The van der Waals surface area contributed by atoms with E-state index in [9.17, 15) is 19.8 Å². The molecule has 2 aromatic carbocycles. The van der Waals surface area contributed by atoms with Crippen molar-refractivity contribution in [2.45, 2.75) is 63.1 Å². The molecule has 2 aromatic rings. The Labute approximate surface area is 213 Å². The Bertz CT molecular complexity index is 971. The second kappa shape index (κ2) is 13.8. The van der Waals surface area contributed by atoms with E-state index < -0.39 is 17.5 Å². The van der Waals surface area contributed by atoms with Crippen LogP contribution in [0.25, 0.3) is 0 Å². The number of carbonyl (C=O) groups is 2. The number of aliphatic hydroxyl groups excluding tert-OH is 2. The summed E-state index contributed by atoms with van der Waals surface area (Å²) in [6, 6.07) is 17.0.